The first-order chi connectivity index (χ1) is 12.5. The molecule has 1 aromatic heterocycles. The number of carbonyl (C=O) groups is 1. The van der Waals surface area contributed by atoms with Gasteiger partial charge in [-0.05, 0) is 25.1 Å². The van der Waals surface area contributed by atoms with Crippen molar-refractivity contribution in [2.45, 2.75) is 6.92 Å². The maximum absolute atomic E-state index is 12.3. The Kier molecular flexibility index (Phi) is 3.47. The van der Waals surface area contributed by atoms with Crippen molar-refractivity contribution in [2.75, 3.05) is 7.11 Å². The zero-order chi connectivity index (χ0) is 18.4. The van der Waals surface area contributed by atoms with Gasteiger partial charge in [0.25, 0.3) is 5.56 Å². The second-order valence-electron chi connectivity index (χ2n) is 5.93. The van der Waals surface area contributed by atoms with E-state index in [4.69, 9.17) is 4.74 Å². The minimum Gasteiger partial charge on any atom is -0.465 e. The van der Waals surface area contributed by atoms with Crippen LogP contribution in [0.4, 0.5) is 0 Å². The standard InChI is InChI=1S/C18H14N4O4/c1-9-5-15(23)11-6-10(3-4-14(11)19-9)22-7-12-16(20-21-17(12)24)13(8-22)18(25)26-2/h3-8H,1-2H3,(H,19,23)(H,21,24). The van der Waals surface area contributed by atoms with E-state index in [1.165, 1.54) is 19.4 Å². The molecule has 0 spiro atoms. The van der Waals surface area contributed by atoms with Crippen molar-refractivity contribution in [3.05, 3.63) is 68.5 Å². The number of pyridine rings is 2. The van der Waals surface area contributed by atoms with Crippen LogP contribution in [0.3, 0.4) is 0 Å². The van der Waals surface area contributed by atoms with Gasteiger partial charge in [0.05, 0.1) is 12.7 Å². The molecule has 130 valence electrons. The molecular weight excluding hydrogens is 336 g/mol. The lowest BCUT2D eigenvalue weighted by atomic mass is 10.1. The van der Waals surface area contributed by atoms with E-state index >= 15 is 0 Å². The summed E-state index contributed by atoms with van der Waals surface area (Å²) < 4.78 is 6.39. The molecule has 2 N–H and O–H groups in total. The fourth-order valence-corrected chi connectivity index (χ4v) is 2.97. The molecule has 0 atom stereocenters. The zero-order valence-corrected chi connectivity index (χ0v) is 14.0. The maximum atomic E-state index is 12.3. The quantitative estimate of drug-likeness (QED) is 0.534. The Balaban J connectivity index is 2.00. The lowest BCUT2D eigenvalue weighted by molar-refractivity contribution is 0.0600. The van der Waals surface area contributed by atoms with Crippen LogP contribution >= 0.6 is 0 Å². The van der Waals surface area contributed by atoms with E-state index in [2.05, 4.69) is 15.2 Å². The van der Waals surface area contributed by atoms with Crippen LogP contribution in [0, 0.1) is 6.92 Å². The summed E-state index contributed by atoms with van der Waals surface area (Å²) in [5, 5.41) is 6.74. The Morgan fingerprint density at radius 1 is 1.19 bits per heavy atom. The summed E-state index contributed by atoms with van der Waals surface area (Å²) in [6, 6.07) is 6.79. The van der Waals surface area contributed by atoms with Gasteiger partial charge in [0.2, 0.25) is 0 Å². The Bertz CT molecular complexity index is 1250. The van der Waals surface area contributed by atoms with Gasteiger partial charge in [-0.2, -0.15) is 5.10 Å². The van der Waals surface area contributed by atoms with Gasteiger partial charge < -0.3 is 14.3 Å². The van der Waals surface area contributed by atoms with Crippen molar-refractivity contribution in [1.82, 2.24) is 19.7 Å². The molecular formula is C18H14N4O4. The topological polar surface area (TPSA) is 110 Å². The van der Waals surface area contributed by atoms with Crippen molar-refractivity contribution in [2.24, 2.45) is 0 Å². The highest BCUT2D eigenvalue weighted by atomic mass is 16.5. The molecule has 0 unspecified atom stereocenters. The normalized spacial score (nSPS) is 11.2. The molecule has 8 heteroatoms. The third kappa shape index (κ3) is 2.39. The second-order valence-corrected chi connectivity index (χ2v) is 5.93. The summed E-state index contributed by atoms with van der Waals surface area (Å²) in [6.07, 6.45) is 3.09. The van der Waals surface area contributed by atoms with E-state index in [1.54, 1.807) is 29.0 Å². The minimum absolute atomic E-state index is 0.110. The van der Waals surface area contributed by atoms with Crippen molar-refractivity contribution in [3.63, 3.8) is 0 Å². The molecule has 0 bridgehead atoms. The summed E-state index contributed by atoms with van der Waals surface area (Å²) in [6.45, 7) is 1.81. The summed E-state index contributed by atoms with van der Waals surface area (Å²) in [5.74, 6) is -0.606. The van der Waals surface area contributed by atoms with Crippen LogP contribution in [0.5, 0.6) is 0 Å². The van der Waals surface area contributed by atoms with E-state index in [9.17, 15) is 14.4 Å². The molecule has 26 heavy (non-hydrogen) atoms. The summed E-state index contributed by atoms with van der Waals surface area (Å²) in [4.78, 5) is 39.5. The lowest BCUT2D eigenvalue weighted by Crippen LogP contribution is -2.11. The molecule has 4 rings (SSSR count). The molecule has 8 nitrogen and oxygen atoms in total. The monoisotopic (exact) mass is 350 g/mol. The Morgan fingerprint density at radius 3 is 2.77 bits per heavy atom. The first kappa shape index (κ1) is 15.8. The largest absolute Gasteiger partial charge is 0.465 e. The average Bonchev–Trinajstić information content (AvgIpc) is 3.01. The molecule has 0 aliphatic carbocycles. The zero-order valence-electron chi connectivity index (χ0n) is 14.0. The van der Waals surface area contributed by atoms with Crippen molar-refractivity contribution >= 4 is 16.9 Å². The molecule has 0 radical (unpaired) electrons. The number of methoxy groups -OCH3 is 1. The van der Waals surface area contributed by atoms with Crippen LogP contribution in [0.1, 0.15) is 16.1 Å². The van der Waals surface area contributed by atoms with E-state index in [0.29, 0.717) is 16.6 Å². The molecule has 2 aromatic rings. The molecule has 2 aliphatic heterocycles. The number of nitrogens with zero attached hydrogens (tertiary/aromatic N) is 2. The van der Waals surface area contributed by atoms with Crippen LogP contribution < -0.4 is 11.0 Å². The van der Waals surface area contributed by atoms with Gasteiger partial charge in [0.15, 0.2) is 5.43 Å². The van der Waals surface area contributed by atoms with Crippen LogP contribution in [-0.4, -0.2) is 32.8 Å². The summed E-state index contributed by atoms with van der Waals surface area (Å²) >= 11 is 0. The number of benzene rings is 1. The number of rotatable bonds is 2. The van der Waals surface area contributed by atoms with Gasteiger partial charge in [-0.25, -0.2) is 9.89 Å². The Labute approximate surface area is 146 Å². The molecule has 0 saturated carbocycles. The van der Waals surface area contributed by atoms with Gasteiger partial charge in [0.1, 0.15) is 11.3 Å². The highest BCUT2D eigenvalue weighted by Crippen LogP contribution is 2.24. The number of hydrogen-bond donors (Lipinski definition) is 2. The van der Waals surface area contributed by atoms with E-state index < -0.39 is 11.5 Å². The van der Waals surface area contributed by atoms with Gasteiger partial charge in [0, 0.05) is 40.7 Å². The summed E-state index contributed by atoms with van der Waals surface area (Å²) in [5.41, 5.74) is 2.24. The predicted molar refractivity (Wildman–Crippen MR) is 95.0 cm³/mol. The lowest BCUT2D eigenvalue weighted by Gasteiger charge is -2.12. The molecule has 0 saturated heterocycles. The Hall–Kier alpha value is -3.68. The highest BCUT2D eigenvalue weighted by Gasteiger charge is 2.22. The minimum atomic E-state index is -0.606. The van der Waals surface area contributed by atoms with Crippen LogP contribution in [0.15, 0.2) is 46.2 Å². The Morgan fingerprint density at radius 2 is 2.00 bits per heavy atom. The molecule has 0 amide bonds. The van der Waals surface area contributed by atoms with Crippen molar-refractivity contribution in [1.29, 1.82) is 0 Å². The van der Waals surface area contributed by atoms with E-state index in [0.717, 1.165) is 5.69 Å². The SMILES string of the molecule is COC(=O)c1cn(-c2ccc3[nH]c(C)cc(=O)c3c2)cc2c(=O)[nH]nc1-2. The molecule has 2 aliphatic rings. The number of H-pyrrole nitrogens is 2. The van der Waals surface area contributed by atoms with Crippen molar-refractivity contribution in [3.8, 4) is 16.9 Å². The summed E-state index contributed by atoms with van der Waals surface area (Å²) in [7, 11) is 1.26. The fourth-order valence-electron chi connectivity index (χ4n) is 2.97. The fraction of sp³-hybridized carbons (Fsp3) is 0.111. The van der Waals surface area contributed by atoms with Crippen LogP contribution in [-0.2, 0) is 4.74 Å². The number of carbonyl (C=O) groups excluding carboxylic acids is 1. The smallest absolute Gasteiger partial charge is 0.341 e. The van der Waals surface area contributed by atoms with Gasteiger partial charge in [-0.3, -0.25) is 9.59 Å². The number of aromatic nitrogens is 4. The number of nitrogens with one attached hydrogen (secondary N) is 2. The predicted octanol–water partition coefficient (Wildman–Crippen LogP) is 1.60. The average molecular weight is 350 g/mol. The molecule has 1 aromatic carbocycles. The third-order valence-corrected chi connectivity index (χ3v) is 4.21. The van der Waals surface area contributed by atoms with E-state index in [-0.39, 0.29) is 22.2 Å². The number of aryl methyl sites for hydroxylation is 1. The van der Waals surface area contributed by atoms with Crippen LogP contribution in [0.2, 0.25) is 0 Å². The molecule has 3 heterocycles. The molecule has 0 fully saturated rings. The second kappa shape index (κ2) is 5.69. The van der Waals surface area contributed by atoms with Gasteiger partial charge in [-0.15, -0.1) is 0 Å². The van der Waals surface area contributed by atoms with Crippen LogP contribution in [0.25, 0.3) is 27.8 Å². The first-order valence-electron chi connectivity index (χ1n) is 7.80. The number of fused-ring (bicyclic) bond motifs is 2. The number of esters is 1. The highest BCUT2D eigenvalue weighted by molar-refractivity contribution is 5.96. The number of aromatic amines is 2. The third-order valence-electron chi connectivity index (χ3n) is 4.21. The number of hydrogen-bond acceptors (Lipinski definition) is 5. The van der Waals surface area contributed by atoms with Crippen molar-refractivity contribution < 1.29 is 9.53 Å². The maximum Gasteiger partial charge on any atom is 0.341 e. The van der Waals surface area contributed by atoms with Gasteiger partial charge in [-0.1, -0.05) is 0 Å². The first-order valence-corrected chi connectivity index (χ1v) is 7.80. The van der Waals surface area contributed by atoms with Gasteiger partial charge >= 0.3 is 5.97 Å². The van der Waals surface area contributed by atoms with E-state index in [1.807, 2.05) is 6.92 Å². The number of ether oxygens (including phenoxy) is 1.